The zero-order valence-electron chi connectivity index (χ0n) is 12.0. The van der Waals surface area contributed by atoms with E-state index < -0.39 is 0 Å². The number of anilines is 1. The fourth-order valence-electron chi connectivity index (χ4n) is 2.39. The van der Waals surface area contributed by atoms with Crippen LogP contribution in [0, 0.1) is 0 Å². The van der Waals surface area contributed by atoms with Crippen LogP contribution in [0.5, 0.6) is 0 Å². The molecule has 0 aliphatic carbocycles. The Hall–Kier alpha value is -1.26. The first kappa shape index (κ1) is 15.1. The lowest BCUT2D eigenvalue weighted by Gasteiger charge is -2.23. The van der Waals surface area contributed by atoms with Crippen LogP contribution in [0.25, 0.3) is 0 Å². The maximum absolute atomic E-state index is 12.7. The normalized spacial score (nSPS) is 19.6. The van der Waals surface area contributed by atoms with Crippen molar-refractivity contribution in [3.05, 3.63) is 28.8 Å². The smallest absolute Gasteiger partial charge is 0.256 e. The monoisotopic (exact) mass is 296 g/mol. The number of hydrogen-bond acceptors (Lipinski definition) is 3. The van der Waals surface area contributed by atoms with Crippen LogP contribution < -0.4 is 5.32 Å². The molecule has 0 spiro atoms. The Bertz CT molecular complexity index is 479. The maximum Gasteiger partial charge on any atom is 0.256 e. The molecule has 1 N–H and O–H groups in total. The van der Waals surface area contributed by atoms with Gasteiger partial charge in [-0.15, -0.1) is 0 Å². The summed E-state index contributed by atoms with van der Waals surface area (Å²) in [4.78, 5) is 14.6. The molecule has 1 aliphatic heterocycles. The van der Waals surface area contributed by atoms with Crippen molar-refractivity contribution in [1.29, 1.82) is 0 Å². The number of ether oxygens (including phenoxy) is 1. The minimum atomic E-state index is 0.0146. The van der Waals surface area contributed by atoms with Crippen molar-refractivity contribution >= 4 is 23.2 Å². The molecular formula is C15H21ClN2O2. The maximum atomic E-state index is 12.7. The van der Waals surface area contributed by atoms with E-state index in [1.807, 2.05) is 24.8 Å². The third-order valence-corrected chi connectivity index (χ3v) is 3.55. The lowest BCUT2D eigenvalue weighted by atomic mass is 10.1. The highest BCUT2D eigenvalue weighted by molar-refractivity contribution is 6.31. The Kier molecular flexibility index (Phi) is 5.26. The average Bonchev–Trinajstić information content (AvgIpc) is 2.65. The van der Waals surface area contributed by atoms with Crippen LogP contribution in [0.4, 0.5) is 5.69 Å². The highest BCUT2D eigenvalue weighted by Gasteiger charge is 2.23. The van der Waals surface area contributed by atoms with Gasteiger partial charge >= 0.3 is 0 Å². The second kappa shape index (κ2) is 6.95. The van der Waals surface area contributed by atoms with E-state index in [1.54, 1.807) is 12.1 Å². The molecule has 2 rings (SSSR count). The Morgan fingerprint density at radius 1 is 1.55 bits per heavy atom. The molecule has 0 aromatic heterocycles. The van der Waals surface area contributed by atoms with E-state index in [-0.39, 0.29) is 12.0 Å². The molecule has 0 saturated carbocycles. The van der Waals surface area contributed by atoms with Crippen molar-refractivity contribution in [2.24, 2.45) is 0 Å². The standard InChI is InChI=1S/C15H21ClN2O2/c1-3-17-14-6-5-12(16)9-13(14)15(19)18-7-4-8-20-11(2)10-18/h5-6,9,11,17H,3-4,7-8,10H2,1-2H3. The number of nitrogens with zero attached hydrogens (tertiary/aromatic N) is 1. The van der Waals surface area contributed by atoms with Crippen molar-refractivity contribution < 1.29 is 9.53 Å². The molecule has 5 heteroatoms. The van der Waals surface area contributed by atoms with Gasteiger partial charge < -0.3 is 15.0 Å². The molecule has 0 bridgehead atoms. The number of hydrogen-bond donors (Lipinski definition) is 1. The van der Waals surface area contributed by atoms with Gasteiger partial charge in [0.2, 0.25) is 0 Å². The zero-order chi connectivity index (χ0) is 14.5. The highest BCUT2D eigenvalue weighted by Crippen LogP contribution is 2.23. The molecule has 1 saturated heterocycles. The van der Waals surface area contributed by atoms with E-state index in [9.17, 15) is 4.79 Å². The Morgan fingerprint density at radius 2 is 2.35 bits per heavy atom. The van der Waals surface area contributed by atoms with Gasteiger partial charge in [0, 0.05) is 37.0 Å². The van der Waals surface area contributed by atoms with Crippen LogP contribution >= 0.6 is 11.6 Å². The Morgan fingerprint density at radius 3 is 3.10 bits per heavy atom. The summed E-state index contributed by atoms with van der Waals surface area (Å²) in [6, 6.07) is 5.39. The average molecular weight is 297 g/mol. The molecule has 1 aliphatic rings. The Balaban J connectivity index is 2.24. The summed E-state index contributed by atoms with van der Waals surface area (Å²) >= 11 is 6.04. The van der Waals surface area contributed by atoms with Gasteiger partial charge in [0.15, 0.2) is 0 Å². The number of rotatable bonds is 3. The molecular weight excluding hydrogens is 276 g/mol. The quantitative estimate of drug-likeness (QED) is 0.932. The molecule has 1 aromatic carbocycles. The third-order valence-electron chi connectivity index (χ3n) is 3.32. The SMILES string of the molecule is CCNc1ccc(Cl)cc1C(=O)N1CCCOC(C)C1. The lowest BCUT2D eigenvalue weighted by Crippen LogP contribution is -2.36. The van der Waals surface area contributed by atoms with Gasteiger partial charge in [-0.1, -0.05) is 11.6 Å². The molecule has 1 aromatic rings. The first-order valence-electron chi connectivity index (χ1n) is 7.06. The van der Waals surface area contributed by atoms with Crippen molar-refractivity contribution in [1.82, 2.24) is 4.90 Å². The molecule has 110 valence electrons. The minimum absolute atomic E-state index is 0.0146. The topological polar surface area (TPSA) is 41.6 Å². The first-order valence-corrected chi connectivity index (χ1v) is 7.44. The highest BCUT2D eigenvalue weighted by atomic mass is 35.5. The summed E-state index contributed by atoms with van der Waals surface area (Å²) in [5, 5.41) is 3.79. The molecule has 1 atom stereocenters. The molecule has 1 unspecified atom stereocenters. The zero-order valence-corrected chi connectivity index (χ0v) is 12.7. The van der Waals surface area contributed by atoms with E-state index in [2.05, 4.69) is 5.32 Å². The number of carbonyl (C=O) groups is 1. The van der Waals surface area contributed by atoms with Crippen molar-refractivity contribution in [2.75, 3.05) is 31.6 Å². The van der Waals surface area contributed by atoms with E-state index in [1.165, 1.54) is 0 Å². The van der Waals surface area contributed by atoms with E-state index in [0.717, 1.165) is 25.2 Å². The predicted molar refractivity (Wildman–Crippen MR) is 81.6 cm³/mol. The summed E-state index contributed by atoms with van der Waals surface area (Å²) in [6.07, 6.45) is 0.941. The van der Waals surface area contributed by atoms with Crippen LogP contribution in [0.3, 0.4) is 0 Å². The van der Waals surface area contributed by atoms with Crippen LogP contribution in [-0.4, -0.2) is 43.2 Å². The number of amides is 1. The van der Waals surface area contributed by atoms with Crippen LogP contribution in [-0.2, 0) is 4.74 Å². The predicted octanol–water partition coefficient (Wildman–Crippen LogP) is 3.02. The number of carbonyl (C=O) groups excluding carboxylic acids is 1. The first-order chi connectivity index (χ1) is 9.61. The summed E-state index contributed by atoms with van der Waals surface area (Å²) in [5.41, 5.74) is 1.47. The minimum Gasteiger partial charge on any atom is -0.385 e. The summed E-state index contributed by atoms with van der Waals surface area (Å²) < 4.78 is 5.58. The van der Waals surface area contributed by atoms with E-state index >= 15 is 0 Å². The molecule has 1 heterocycles. The van der Waals surface area contributed by atoms with Gasteiger partial charge in [-0.2, -0.15) is 0 Å². The van der Waals surface area contributed by atoms with E-state index in [4.69, 9.17) is 16.3 Å². The fraction of sp³-hybridized carbons (Fsp3) is 0.533. The van der Waals surface area contributed by atoms with Crippen LogP contribution in [0.2, 0.25) is 5.02 Å². The van der Waals surface area contributed by atoms with Gasteiger partial charge in [0.05, 0.1) is 11.7 Å². The third kappa shape index (κ3) is 3.64. The lowest BCUT2D eigenvalue weighted by molar-refractivity contribution is 0.0563. The molecule has 4 nitrogen and oxygen atoms in total. The number of halogens is 1. The second-order valence-electron chi connectivity index (χ2n) is 5.01. The Labute approximate surface area is 125 Å². The molecule has 1 amide bonds. The largest absolute Gasteiger partial charge is 0.385 e. The van der Waals surface area contributed by atoms with E-state index in [0.29, 0.717) is 23.7 Å². The van der Waals surface area contributed by atoms with Crippen molar-refractivity contribution in [2.45, 2.75) is 26.4 Å². The molecule has 20 heavy (non-hydrogen) atoms. The van der Waals surface area contributed by atoms with Gasteiger partial charge in [0.25, 0.3) is 5.91 Å². The van der Waals surface area contributed by atoms with Gasteiger partial charge in [0.1, 0.15) is 0 Å². The summed E-state index contributed by atoms with van der Waals surface area (Å²) in [5.74, 6) is 0.0146. The fourth-order valence-corrected chi connectivity index (χ4v) is 2.56. The summed E-state index contributed by atoms with van der Waals surface area (Å²) in [7, 11) is 0. The second-order valence-corrected chi connectivity index (χ2v) is 5.44. The van der Waals surface area contributed by atoms with Crippen molar-refractivity contribution in [3.63, 3.8) is 0 Å². The number of benzene rings is 1. The number of nitrogens with one attached hydrogen (secondary N) is 1. The van der Waals surface area contributed by atoms with Gasteiger partial charge in [-0.05, 0) is 38.5 Å². The van der Waals surface area contributed by atoms with Gasteiger partial charge in [-0.3, -0.25) is 4.79 Å². The van der Waals surface area contributed by atoms with Gasteiger partial charge in [-0.25, -0.2) is 0 Å². The van der Waals surface area contributed by atoms with Crippen LogP contribution in [0.15, 0.2) is 18.2 Å². The molecule has 1 fully saturated rings. The van der Waals surface area contributed by atoms with Crippen LogP contribution in [0.1, 0.15) is 30.6 Å². The van der Waals surface area contributed by atoms with Crippen molar-refractivity contribution in [3.8, 4) is 0 Å². The summed E-state index contributed by atoms with van der Waals surface area (Å²) in [6.45, 7) is 6.82. The molecule has 0 radical (unpaired) electrons.